The van der Waals surface area contributed by atoms with E-state index in [1.54, 1.807) is 24.3 Å². The number of hydrogen-bond donors (Lipinski definition) is 3. The molecule has 0 saturated heterocycles. The fraction of sp³-hybridized carbons (Fsp3) is 0.182. The summed E-state index contributed by atoms with van der Waals surface area (Å²) in [5.74, 6) is -0.416. The molecule has 6 nitrogen and oxygen atoms in total. The molecule has 0 fully saturated rings. The zero-order chi connectivity index (χ0) is 21.5. The fourth-order valence-electron chi connectivity index (χ4n) is 2.76. The van der Waals surface area contributed by atoms with Gasteiger partial charge in [0.1, 0.15) is 10.8 Å². The first-order valence-corrected chi connectivity index (χ1v) is 9.98. The van der Waals surface area contributed by atoms with Gasteiger partial charge < -0.3 is 20.3 Å². The molecule has 0 amide bonds. The lowest BCUT2D eigenvalue weighted by Crippen LogP contribution is -2.23. The second kappa shape index (κ2) is 11.9. The van der Waals surface area contributed by atoms with Gasteiger partial charge in [0.15, 0.2) is 0 Å². The first-order valence-electron chi connectivity index (χ1n) is 9.22. The summed E-state index contributed by atoms with van der Waals surface area (Å²) in [6, 6.07) is 15.9. The van der Waals surface area contributed by atoms with Gasteiger partial charge in [-0.25, -0.2) is 9.78 Å². The number of ether oxygens (including phenoxy) is 1. The highest BCUT2D eigenvalue weighted by atomic mass is 35.5. The van der Waals surface area contributed by atoms with Crippen LogP contribution in [0.25, 0.3) is 0 Å². The van der Waals surface area contributed by atoms with Crippen molar-refractivity contribution in [3.05, 3.63) is 87.5 Å². The molecule has 0 aliphatic heterocycles. The topological polar surface area (TPSA) is 91.7 Å². The Morgan fingerprint density at radius 2 is 1.87 bits per heavy atom. The Balaban J connectivity index is 0.00000341. The van der Waals surface area contributed by atoms with Gasteiger partial charge in [-0.2, -0.15) is 0 Å². The zero-order valence-corrected chi connectivity index (χ0v) is 18.6. The highest BCUT2D eigenvalue weighted by molar-refractivity contribution is 6.32. The molecule has 3 rings (SSSR count). The second-order valence-corrected chi connectivity index (χ2v) is 7.43. The predicted octanol–water partition coefficient (Wildman–Crippen LogP) is 5.17. The van der Waals surface area contributed by atoms with Crippen LogP contribution in [0, 0.1) is 0 Å². The van der Waals surface area contributed by atoms with E-state index in [4.69, 9.17) is 33.0 Å². The number of aromatic carboxylic acids is 1. The Kier molecular flexibility index (Phi) is 9.55. The lowest BCUT2D eigenvalue weighted by Gasteiger charge is -2.13. The number of carboxylic acid groups (broad SMARTS) is 1. The Hall–Kier alpha value is -2.35. The van der Waals surface area contributed by atoms with E-state index in [9.17, 15) is 9.90 Å². The third-order valence-electron chi connectivity index (χ3n) is 4.35. The van der Waals surface area contributed by atoms with Crippen LogP contribution in [0.1, 0.15) is 27.6 Å². The Bertz CT molecular complexity index is 1020. The van der Waals surface area contributed by atoms with Gasteiger partial charge in [0, 0.05) is 17.8 Å². The molecule has 0 aliphatic rings. The van der Waals surface area contributed by atoms with Crippen molar-refractivity contribution >= 4 is 41.6 Å². The number of aliphatic hydroxyl groups excluding tert-OH is 1. The maximum Gasteiger partial charge on any atom is 0.337 e. The summed E-state index contributed by atoms with van der Waals surface area (Å²) >= 11 is 12.0. The number of nitrogens with one attached hydrogen (secondary N) is 1. The van der Waals surface area contributed by atoms with Crippen LogP contribution in [0.5, 0.6) is 11.6 Å². The molecule has 0 spiro atoms. The number of hydrogen-bond acceptors (Lipinski definition) is 5. The molecule has 0 radical (unpaired) electrons. The van der Waals surface area contributed by atoms with Gasteiger partial charge in [-0.1, -0.05) is 47.5 Å². The lowest BCUT2D eigenvalue weighted by molar-refractivity contribution is 0.0696. The smallest absolute Gasteiger partial charge is 0.337 e. The molecule has 1 aromatic heterocycles. The van der Waals surface area contributed by atoms with Crippen molar-refractivity contribution in [2.75, 3.05) is 13.1 Å². The summed E-state index contributed by atoms with van der Waals surface area (Å²) in [6.45, 7) is 1.12. The van der Waals surface area contributed by atoms with E-state index in [-0.39, 0.29) is 28.9 Å². The van der Waals surface area contributed by atoms with Crippen LogP contribution in [0.3, 0.4) is 0 Å². The van der Waals surface area contributed by atoms with Gasteiger partial charge >= 0.3 is 5.97 Å². The van der Waals surface area contributed by atoms with Crippen LogP contribution < -0.4 is 10.1 Å². The maximum atomic E-state index is 10.9. The van der Waals surface area contributed by atoms with Gasteiger partial charge in [0.2, 0.25) is 5.88 Å². The summed E-state index contributed by atoms with van der Waals surface area (Å²) in [5.41, 5.74) is 1.86. The average molecular weight is 484 g/mol. The first-order chi connectivity index (χ1) is 14.4. The standard InChI is InChI=1S/C22H20Cl2N2O4.ClH/c23-17-3-1-2-15(10-17)20(27)13-25-9-8-14-4-6-18(7-5-14)30-21-19(24)11-16(12-26-21)22(28)29;/h1-7,10-12,20,25,27H,8-9,13H2,(H,28,29);1H/t20-;/m0./s1. The molecule has 164 valence electrons. The molecular formula is C22H21Cl3N2O4. The summed E-state index contributed by atoms with van der Waals surface area (Å²) in [7, 11) is 0. The van der Waals surface area contributed by atoms with Crippen molar-refractivity contribution in [1.29, 1.82) is 0 Å². The quantitative estimate of drug-likeness (QED) is 0.364. The van der Waals surface area contributed by atoms with E-state index >= 15 is 0 Å². The lowest BCUT2D eigenvalue weighted by atomic mass is 10.1. The molecular weight excluding hydrogens is 463 g/mol. The molecule has 0 aliphatic carbocycles. The Morgan fingerprint density at radius 1 is 1.13 bits per heavy atom. The van der Waals surface area contributed by atoms with Crippen molar-refractivity contribution in [2.24, 2.45) is 0 Å². The minimum atomic E-state index is -1.10. The normalized spacial score (nSPS) is 11.5. The number of aromatic nitrogens is 1. The second-order valence-electron chi connectivity index (χ2n) is 6.59. The number of carbonyl (C=O) groups is 1. The SMILES string of the molecule is Cl.O=C(O)c1cnc(Oc2ccc(CCNC[C@H](O)c3cccc(Cl)c3)cc2)c(Cl)c1. The number of carboxylic acids is 1. The molecule has 2 aromatic carbocycles. The van der Waals surface area contributed by atoms with E-state index in [1.165, 1.54) is 12.3 Å². The molecule has 31 heavy (non-hydrogen) atoms. The highest BCUT2D eigenvalue weighted by Crippen LogP contribution is 2.28. The maximum absolute atomic E-state index is 10.9. The summed E-state index contributed by atoms with van der Waals surface area (Å²) in [6.07, 6.45) is 1.35. The number of benzene rings is 2. The van der Waals surface area contributed by atoms with Crippen LogP contribution >= 0.6 is 35.6 Å². The minimum Gasteiger partial charge on any atom is -0.478 e. The number of halogens is 3. The molecule has 1 atom stereocenters. The van der Waals surface area contributed by atoms with Gasteiger partial charge in [-0.15, -0.1) is 12.4 Å². The van der Waals surface area contributed by atoms with Crippen LogP contribution in [0.15, 0.2) is 60.8 Å². The minimum absolute atomic E-state index is 0. The summed E-state index contributed by atoms with van der Waals surface area (Å²) < 4.78 is 5.62. The fourth-order valence-corrected chi connectivity index (χ4v) is 3.16. The molecule has 3 N–H and O–H groups in total. The van der Waals surface area contributed by atoms with Crippen molar-refractivity contribution in [1.82, 2.24) is 10.3 Å². The zero-order valence-electron chi connectivity index (χ0n) is 16.3. The largest absolute Gasteiger partial charge is 0.478 e. The molecule has 1 heterocycles. The molecule has 0 bridgehead atoms. The highest BCUT2D eigenvalue weighted by Gasteiger charge is 2.11. The van der Waals surface area contributed by atoms with Crippen molar-refractivity contribution in [2.45, 2.75) is 12.5 Å². The third kappa shape index (κ3) is 7.38. The number of pyridine rings is 1. The molecule has 0 saturated carbocycles. The van der Waals surface area contributed by atoms with Crippen molar-refractivity contribution < 1.29 is 19.7 Å². The first kappa shape index (κ1) is 24.9. The van der Waals surface area contributed by atoms with Crippen LogP contribution in [0.4, 0.5) is 0 Å². The van der Waals surface area contributed by atoms with Crippen LogP contribution in [0.2, 0.25) is 10.0 Å². The molecule has 9 heteroatoms. The van der Waals surface area contributed by atoms with E-state index in [2.05, 4.69) is 10.3 Å². The van der Waals surface area contributed by atoms with Gasteiger partial charge in [0.25, 0.3) is 0 Å². The van der Waals surface area contributed by atoms with E-state index in [1.807, 2.05) is 24.3 Å². The van der Waals surface area contributed by atoms with E-state index in [0.717, 1.165) is 17.5 Å². The van der Waals surface area contributed by atoms with E-state index < -0.39 is 12.1 Å². The molecule has 3 aromatic rings. The third-order valence-corrected chi connectivity index (χ3v) is 4.86. The number of aliphatic hydroxyl groups is 1. The predicted molar refractivity (Wildman–Crippen MR) is 123 cm³/mol. The van der Waals surface area contributed by atoms with E-state index in [0.29, 0.717) is 23.9 Å². The van der Waals surface area contributed by atoms with Crippen molar-refractivity contribution in [3.8, 4) is 11.6 Å². The monoisotopic (exact) mass is 482 g/mol. The van der Waals surface area contributed by atoms with Crippen LogP contribution in [-0.2, 0) is 6.42 Å². The Labute approximate surface area is 196 Å². The average Bonchev–Trinajstić information content (AvgIpc) is 2.73. The van der Waals surface area contributed by atoms with Crippen LogP contribution in [-0.4, -0.2) is 34.3 Å². The van der Waals surface area contributed by atoms with Gasteiger partial charge in [0.05, 0.1) is 11.7 Å². The number of nitrogens with zero attached hydrogens (tertiary/aromatic N) is 1. The number of rotatable bonds is 9. The van der Waals surface area contributed by atoms with Gasteiger partial charge in [-0.05, 0) is 54.4 Å². The Morgan fingerprint density at radius 3 is 2.52 bits per heavy atom. The van der Waals surface area contributed by atoms with Gasteiger partial charge in [-0.3, -0.25) is 0 Å². The summed E-state index contributed by atoms with van der Waals surface area (Å²) in [5, 5.41) is 23.1. The van der Waals surface area contributed by atoms with Crippen molar-refractivity contribution in [3.63, 3.8) is 0 Å². The summed E-state index contributed by atoms with van der Waals surface area (Å²) in [4.78, 5) is 14.9. The molecule has 0 unspecified atom stereocenters.